The number of rotatable bonds is 5. The smallest absolute Gasteiger partial charge is 0.412 e. The first kappa shape index (κ1) is 20.8. The molecule has 144 valence electrons. The zero-order valence-corrected chi connectivity index (χ0v) is 17.3. The summed E-state index contributed by atoms with van der Waals surface area (Å²) in [5.41, 5.74) is 1.47. The Morgan fingerprint density at radius 2 is 1.70 bits per heavy atom. The van der Waals surface area contributed by atoms with Gasteiger partial charge in [-0.3, -0.25) is 10.1 Å². The summed E-state index contributed by atoms with van der Waals surface area (Å²) in [5.74, 6) is 0.343. The lowest BCUT2D eigenvalue weighted by atomic mass is 10.1. The maximum atomic E-state index is 12.1. The lowest BCUT2D eigenvalue weighted by molar-refractivity contribution is -0.118. The summed E-state index contributed by atoms with van der Waals surface area (Å²) in [6.45, 7) is 7.14. The van der Waals surface area contributed by atoms with Gasteiger partial charge < -0.3 is 14.8 Å². The molecule has 0 unspecified atom stereocenters. The molecule has 27 heavy (non-hydrogen) atoms. The molecule has 0 spiro atoms. The molecule has 2 aromatic rings. The molecule has 2 amide bonds. The third-order valence-corrected chi connectivity index (χ3v) is 3.86. The number of aryl methyl sites for hydroxylation is 1. The van der Waals surface area contributed by atoms with E-state index >= 15 is 0 Å². The van der Waals surface area contributed by atoms with Gasteiger partial charge in [-0.05, 0) is 75.7 Å². The minimum absolute atomic E-state index is 0.0982. The van der Waals surface area contributed by atoms with Crippen molar-refractivity contribution in [2.75, 3.05) is 17.2 Å². The van der Waals surface area contributed by atoms with Gasteiger partial charge in [0.05, 0.1) is 0 Å². The second kappa shape index (κ2) is 8.90. The van der Waals surface area contributed by atoms with Gasteiger partial charge >= 0.3 is 6.09 Å². The molecule has 6 nitrogen and oxygen atoms in total. The first-order chi connectivity index (χ1) is 12.6. The van der Waals surface area contributed by atoms with Crippen LogP contribution in [0.3, 0.4) is 0 Å². The second-order valence-electron chi connectivity index (χ2n) is 6.95. The van der Waals surface area contributed by atoms with Gasteiger partial charge in [0.2, 0.25) is 0 Å². The van der Waals surface area contributed by atoms with Crippen LogP contribution >= 0.6 is 15.9 Å². The maximum Gasteiger partial charge on any atom is 0.412 e. The highest BCUT2D eigenvalue weighted by Gasteiger charge is 2.16. The fourth-order valence-electron chi connectivity index (χ4n) is 2.17. The summed E-state index contributed by atoms with van der Waals surface area (Å²) in [4.78, 5) is 23.9. The van der Waals surface area contributed by atoms with E-state index in [2.05, 4.69) is 26.6 Å². The molecule has 0 radical (unpaired) electrons. The van der Waals surface area contributed by atoms with Crippen LogP contribution in [-0.2, 0) is 9.53 Å². The van der Waals surface area contributed by atoms with Crippen molar-refractivity contribution < 1.29 is 19.1 Å². The predicted octanol–water partition coefficient (Wildman–Crippen LogP) is 5.12. The van der Waals surface area contributed by atoms with E-state index in [9.17, 15) is 9.59 Å². The van der Waals surface area contributed by atoms with Crippen molar-refractivity contribution in [3.8, 4) is 5.75 Å². The molecule has 7 heteroatoms. The van der Waals surface area contributed by atoms with Crippen LogP contribution in [0, 0.1) is 6.92 Å². The summed E-state index contributed by atoms with van der Waals surface area (Å²) in [6.07, 6.45) is -0.526. The summed E-state index contributed by atoms with van der Waals surface area (Å²) >= 11 is 3.34. The fraction of sp³-hybridized carbons (Fsp3) is 0.300. The van der Waals surface area contributed by atoms with Crippen molar-refractivity contribution >= 4 is 39.3 Å². The van der Waals surface area contributed by atoms with E-state index in [1.807, 2.05) is 19.1 Å². The normalized spacial score (nSPS) is 10.9. The molecule has 0 bridgehead atoms. The highest BCUT2D eigenvalue weighted by molar-refractivity contribution is 9.10. The lowest BCUT2D eigenvalue weighted by Crippen LogP contribution is -2.27. The van der Waals surface area contributed by atoms with Crippen LogP contribution in [-0.4, -0.2) is 24.2 Å². The van der Waals surface area contributed by atoms with Crippen molar-refractivity contribution in [2.45, 2.75) is 33.3 Å². The van der Waals surface area contributed by atoms with E-state index < -0.39 is 11.7 Å². The van der Waals surface area contributed by atoms with Gasteiger partial charge in [0.1, 0.15) is 11.4 Å². The summed E-state index contributed by atoms with van der Waals surface area (Å²) < 4.78 is 11.6. The topological polar surface area (TPSA) is 76.7 Å². The van der Waals surface area contributed by atoms with Crippen LogP contribution in [0.15, 0.2) is 46.9 Å². The number of halogens is 1. The summed E-state index contributed by atoms with van der Waals surface area (Å²) in [7, 11) is 0. The minimum Gasteiger partial charge on any atom is -0.484 e. The van der Waals surface area contributed by atoms with E-state index in [0.717, 1.165) is 10.0 Å². The first-order valence-corrected chi connectivity index (χ1v) is 9.20. The van der Waals surface area contributed by atoms with Gasteiger partial charge in [-0.1, -0.05) is 15.9 Å². The van der Waals surface area contributed by atoms with Gasteiger partial charge in [0.25, 0.3) is 5.91 Å². The van der Waals surface area contributed by atoms with E-state index in [0.29, 0.717) is 17.1 Å². The molecule has 2 aromatic carbocycles. The molecule has 0 atom stereocenters. The maximum absolute atomic E-state index is 12.1. The zero-order valence-electron chi connectivity index (χ0n) is 15.8. The number of anilines is 2. The Balaban J connectivity index is 1.90. The van der Waals surface area contributed by atoms with Crippen LogP contribution in [0.25, 0.3) is 0 Å². The number of amides is 2. The average molecular weight is 435 g/mol. The number of hydrogen-bond donors (Lipinski definition) is 2. The van der Waals surface area contributed by atoms with Gasteiger partial charge in [-0.25, -0.2) is 4.79 Å². The molecule has 0 saturated carbocycles. The van der Waals surface area contributed by atoms with Crippen molar-refractivity contribution in [3.63, 3.8) is 0 Å². The van der Waals surface area contributed by atoms with Crippen molar-refractivity contribution in [2.24, 2.45) is 0 Å². The second-order valence-corrected chi connectivity index (χ2v) is 7.86. The van der Waals surface area contributed by atoms with Crippen molar-refractivity contribution in [1.82, 2.24) is 0 Å². The number of benzene rings is 2. The lowest BCUT2D eigenvalue weighted by Gasteiger charge is -2.20. The first-order valence-electron chi connectivity index (χ1n) is 8.41. The number of nitrogens with one attached hydrogen (secondary N) is 2. The van der Waals surface area contributed by atoms with Crippen molar-refractivity contribution in [3.05, 3.63) is 52.5 Å². The highest BCUT2D eigenvalue weighted by atomic mass is 79.9. The molecule has 0 aliphatic carbocycles. The van der Waals surface area contributed by atoms with Crippen LogP contribution in [0.1, 0.15) is 26.3 Å². The van der Waals surface area contributed by atoms with E-state index in [-0.39, 0.29) is 12.5 Å². The third kappa shape index (κ3) is 7.30. The number of ether oxygens (including phenoxy) is 2. The van der Waals surface area contributed by atoms with E-state index in [1.54, 1.807) is 51.1 Å². The Labute approximate surface area is 167 Å². The molecule has 0 fully saturated rings. The highest BCUT2D eigenvalue weighted by Crippen LogP contribution is 2.21. The standard InChI is InChI=1S/C20H23BrN2O4/c1-13-11-15(22-19(25)27-20(2,3)4)7-10-17(13)23-18(24)12-26-16-8-5-14(21)6-9-16/h5-11H,12H2,1-4H3,(H,22,25)(H,23,24). The Hall–Kier alpha value is -2.54. The zero-order chi connectivity index (χ0) is 20.0. The molecule has 0 aromatic heterocycles. The van der Waals surface area contributed by atoms with Crippen LogP contribution in [0.2, 0.25) is 0 Å². The molecular formula is C20H23BrN2O4. The van der Waals surface area contributed by atoms with Crippen LogP contribution < -0.4 is 15.4 Å². The van der Waals surface area contributed by atoms with Gasteiger partial charge in [-0.15, -0.1) is 0 Å². The molecule has 0 heterocycles. The van der Waals surface area contributed by atoms with Gasteiger partial charge in [0, 0.05) is 15.8 Å². The Kier molecular flexibility index (Phi) is 6.85. The van der Waals surface area contributed by atoms with Crippen LogP contribution in [0.4, 0.5) is 16.2 Å². The predicted molar refractivity (Wildman–Crippen MR) is 109 cm³/mol. The number of carbonyl (C=O) groups is 2. The summed E-state index contributed by atoms with van der Waals surface area (Å²) in [5, 5.41) is 5.46. The molecule has 2 N–H and O–H groups in total. The number of carbonyl (C=O) groups excluding carboxylic acids is 2. The molecule has 2 rings (SSSR count). The molecule has 0 aliphatic rings. The Morgan fingerprint density at radius 3 is 2.30 bits per heavy atom. The van der Waals surface area contributed by atoms with E-state index in [1.165, 1.54) is 0 Å². The fourth-order valence-corrected chi connectivity index (χ4v) is 2.43. The van der Waals surface area contributed by atoms with Gasteiger partial charge in [0.15, 0.2) is 6.61 Å². The van der Waals surface area contributed by atoms with Crippen molar-refractivity contribution in [1.29, 1.82) is 0 Å². The monoisotopic (exact) mass is 434 g/mol. The molecule has 0 aliphatic heterocycles. The van der Waals surface area contributed by atoms with E-state index in [4.69, 9.17) is 9.47 Å². The largest absolute Gasteiger partial charge is 0.484 e. The Morgan fingerprint density at radius 1 is 1.04 bits per heavy atom. The number of hydrogen-bond acceptors (Lipinski definition) is 4. The Bertz CT molecular complexity index is 814. The third-order valence-electron chi connectivity index (χ3n) is 3.33. The molecular weight excluding hydrogens is 412 g/mol. The molecule has 0 saturated heterocycles. The quantitative estimate of drug-likeness (QED) is 0.684. The SMILES string of the molecule is Cc1cc(NC(=O)OC(C)(C)C)ccc1NC(=O)COc1ccc(Br)cc1. The average Bonchev–Trinajstić information content (AvgIpc) is 2.55. The van der Waals surface area contributed by atoms with Crippen LogP contribution in [0.5, 0.6) is 5.75 Å². The summed E-state index contributed by atoms with van der Waals surface area (Å²) in [6, 6.07) is 12.4. The minimum atomic E-state index is -0.568. The van der Waals surface area contributed by atoms with Gasteiger partial charge in [-0.2, -0.15) is 0 Å².